The van der Waals surface area contributed by atoms with Crippen LogP contribution in [0.15, 0.2) is 69.6 Å². The number of rotatable bonds is 1. The molecule has 1 atom stereocenters. The summed E-state index contributed by atoms with van der Waals surface area (Å²) >= 11 is 12.8. The maximum Gasteiger partial charge on any atom is 0.420 e. The van der Waals surface area contributed by atoms with E-state index in [2.05, 4.69) is 42.2 Å². The number of H-pyrrole nitrogens is 1. The number of benzene rings is 3. The van der Waals surface area contributed by atoms with Crippen LogP contribution in [0.3, 0.4) is 0 Å². The standard InChI is InChI=1S/C23H14Br2ClF3N2/c24-14-4-1-12-9-20-21(17-8-5-15(25)11-19(17)30-20)22(23(27,28)29,31-18(12)10-14)13-2-6-16(26)7-3-13/h1-8,10-11,30-31H,9H2/t22-/m0/s1. The van der Waals surface area contributed by atoms with Crippen LogP contribution >= 0.6 is 43.5 Å². The molecule has 31 heavy (non-hydrogen) atoms. The summed E-state index contributed by atoms with van der Waals surface area (Å²) in [5, 5.41) is 3.80. The second-order valence-electron chi connectivity index (χ2n) is 7.53. The van der Waals surface area contributed by atoms with Crippen molar-refractivity contribution in [3.05, 3.63) is 97.0 Å². The highest BCUT2D eigenvalue weighted by atomic mass is 79.9. The largest absolute Gasteiger partial charge is 0.420 e. The van der Waals surface area contributed by atoms with Gasteiger partial charge in [0.1, 0.15) is 0 Å². The number of nitrogens with one attached hydrogen (secondary N) is 2. The molecule has 0 saturated heterocycles. The van der Waals surface area contributed by atoms with Gasteiger partial charge in [0, 0.05) is 48.2 Å². The third-order valence-corrected chi connectivity index (χ3v) is 6.92. The molecule has 0 bridgehead atoms. The van der Waals surface area contributed by atoms with Gasteiger partial charge in [-0.3, -0.25) is 0 Å². The number of aromatic nitrogens is 1. The van der Waals surface area contributed by atoms with Crippen molar-refractivity contribution in [3.8, 4) is 0 Å². The lowest BCUT2D eigenvalue weighted by Gasteiger charge is -2.38. The van der Waals surface area contributed by atoms with Gasteiger partial charge in [0.2, 0.25) is 0 Å². The Kier molecular flexibility index (Phi) is 4.92. The highest BCUT2D eigenvalue weighted by Gasteiger charge is 2.60. The third-order valence-electron chi connectivity index (χ3n) is 5.68. The highest BCUT2D eigenvalue weighted by Crippen LogP contribution is 2.52. The first-order valence-corrected chi connectivity index (χ1v) is 11.4. The van der Waals surface area contributed by atoms with Gasteiger partial charge in [-0.25, -0.2) is 0 Å². The summed E-state index contributed by atoms with van der Waals surface area (Å²) in [6.45, 7) is 0. The fraction of sp³-hybridized carbons (Fsp3) is 0.130. The number of hydrogen-bond acceptors (Lipinski definition) is 1. The zero-order chi connectivity index (χ0) is 22.0. The lowest BCUT2D eigenvalue weighted by molar-refractivity contribution is -0.169. The number of aromatic amines is 1. The molecule has 1 aliphatic heterocycles. The normalized spacial score (nSPS) is 18.3. The molecule has 1 aromatic heterocycles. The molecule has 2 heterocycles. The lowest BCUT2D eigenvalue weighted by Crippen LogP contribution is -2.50. The highest BCUT2D eigenvalue weighted by molar-refractivity contribution is 9.10. The maximum atomic E-state index is 15.2. The molecule has 0 aliphatic carbocycles. The van der Waals surface area contributed by atoms with Gasteiger partial charge in [0.25, 0.3) is 0 Å². The summed E-state index contributed by atoms with van der Waals surface area (Å²) in [4.78, 5) is 3.25. The first kappa shape index (κ1) is 20.9. The molecular formula is C23H14Br2ClF3N2. The quantitative estimate of drug-likeness (QED) is 0.237. The Morgan fingerprint density at radius 3 is 2.29 bits per heavy atom. The van der Waals surface area contributed by atoms with Gasteiger partial charge in [0.05, 0.1) is 0 Å². The number of fused-ring (bicyclic) bond motifs is 4. The molecule has 2 N–H and O–H groups in total. The Labute approximate surface area is 198 Å². The van der Waals surface area contributed by atoms with Gasteiger partial charge in [-0.2, -0.15) is 13.2 Å². The maximum absolute atomic E-state index is 15.2. The summed E-state index contributed by atoms with van der Waals surface area (Å²) in [6.07, 6.45) is -4.32. The molecule has 0 radical (unpaired) electrons. The minimum Gasteiger partial charge on any atom is -0.364 e. The van der Waals surface area contributed by atoms with Crippen LogP contribution in [0.1, 0.15) is 22.4 Å². The van der Waals surface area contributed by atoms with E-state index < -0.39 is 11.7 Å². The molecule has 0 fully saturated rings. The second kappa shape index (κ2) is 7.29. The Morgan fingerprint density at radius 1 is 0.903 bits per heavy atom. The number of anilines is 1. The van der Waals surface area contributed by atoms with Crippen LogP contribution < -0.4 is 5.32 Å². The molecule has 8 heteroatoms. The SMILES string of the molecule is FC(F)(F)[C@@]1(c2ccc(Cl)cc2)Nc2cc(Br)ccc2Cc2[nH]c3cc(Br)ccc3c21. The summed E-state index contributed by atoms with van der Waals surface area (Å²) in [5.41, 5.74) is 0.148. The zero-order valence-electron chi connectivity index (χ0n) is 15.7. The minimum absolute atomic E-state index is 0.0716. The van der Waals surface area contributed by atoms with E-state index in [1.165, 1.54) is 24.3 Å². The van der Waals surface area contributed by atoms with Crippen molar-refractivity contribution < 1.29 is 13.2 Å². The first-order valence-electron chi connectivity index (χ1n) is 9.39. The van der Waals surface area contributed by atoms with Crippen molar-refractivity contribution in [1.82, 2.24) is 4.98 Å². The van der Waals surface area contributed by atoms with E-state index in [1.807, 2.05) is 12.1 Å². The molecule has 2 nitrogen and oxygen atoms in total. The average Bonchev–Trinajstić information content (AvgIpc) is 2.97. The Balaban J connectivity index is 1.93. The molecular weight excluding hydrogens is 557 g/mol. The summed E-state index contributed by atoms with van der Waals surface area (Å²) in [5.74, 6) is 0. The van der Waals surface area contributed by atoms with Crippen molar-refractivity contribution in [2.45, 2.75) is 18.1 Å². The van der Waals surface area contributed by atoms with Gasteiger partial charge >= 0.3 is 6.18 Å². The van der Waals surface area contributed by atoms with E-state index in [4.69, 9.17) is 11.6 Å². The summed E-state index contributed by atoms with van der Waals surface area (Å²) in [7, 11) is 0. The molecule has 0 spiro atoms. The Hall–Kier alpha value is -1.96. The van der Waals surface area contributed by atoms with E-state index in [0.717, 1.165) is 10.0 Å². The average molecular weight is 571 g/mol. The van der Waals surface area contributed by atoms with Crippen LogP contribution in [-0.4, -0.2) is 11.2 Å². The molecule has 1 aliphatic rings. The smallest absolute Gasteiger partial charge is 0.364 e. The molecule has 3 aromatic carbocycles. The monoisotopic (exact) mass is 568 g/mol. The van der Waals surface area contributed by atoms with E-state index in [9.17, 15) is 0 Å². The molecule has 158 valence electrons. The molecule has 0 unspecified atom stereocenters. The van der Waals surface area contributed by atoms with Crippen LogP contribution in [0.4, 0.5) is 18.9 Å². The molecule has 4 aromatic rings. The van der Waals surface area contributed by atoms with Crippen LogP contribution in [0.5, 0.6) is 0 Å². The number of halogens is 6. The van der Waals surface area contributed by atoms with Crippen molar-refractivity contribution in [3.63, 3.8) is 0 Å². The van der Waals surface area contributed by atoms with Crippen molar-refractivity contribution in [2.24, 2.45) is 0 Å². The molecule has 0 amide bonds. The Morgan fingerprint density at radius 2 is 1.58 bits per heavy atom. The number of hydrogen-bond donors (Lipinski definition) is 2. The Bertz CT molecular complexity index is 1320. The van der Waals surface area contributed by atoms with Crippen LogP contribution in [0, 0.1) is 0 Å². The minimum atomic E-state index is -4.65. The third kappa shape index (κ3) is 3.29. The summed E-state index contributed by atoms with van der Waals surface area (Å²) < 4.78 is 47.1. The topological polar surface area (TPSA) is 27.8 Å². The predicted molar refractivity (Wildman–Crippen MR) is 125 cm³/mol. The molecule has 5 rings (SSSR count). The van der Waals surface area contributed by atoms with E-state index in [1.54, 1.807) is 24.3 Å². The fourth-order valence-corrected chi connectivity index (χ4v) is 5.20. The van der Waals surface area contributed by atoms with Gasteiger partial charge in [-0.05, 0) is 47.5 Å². The zero-order valence-corrected chi connectivity index (χ0v) is 19.7. The fourth-order valence-electron chi connectivity index (χ4n) is 4.35. The van der Waals surface area contributed by atoms with Crippen molar-refractivity contribution in [2.75, 3.05) is 5.32 Å². The number of alkyl halides is 3. The predicted octanol–water partition coefficient (Wildman–Crippen LogP) is 8.17. The van der Waals surface area contributed by atoms with Crippen LogP contribution in [-0.2, 0) is 12.0 Å². The lowest BCUT2D eigenvalue weighted by atomic mass is 9.80. The van der Waals surface area contributed by atoms with E-state index in [-0.39, 0.29) is 11.1 Å². The summed E-state index contributed by atoms with van der Waals surface area (Å²) in [6, 6.07) is 16.5. The first-order chi connectivity index (χ1) is 14.7. The van der Waals surface area contributed by atoms with Gasteiger partial charge in [-0.15, -0.1) is 0 Å². The van der Waals surface area contributed by atoms with E-state index in [0.29, 0.717) is 38.2 Å². The van der Waals surface area contributed by atoms with Gasteiger partial charge in [-0.1, -0.05) is 67.7 Å². The van der Waals surface area contributed by atoms with Gasteiger partial charge in [0.15, 0.2) is 5.54 Å². The van der Waals surface area contributed by atoms with Crippen LogP contribution in [0.25, 0.3) is 10.9 Å². The van der Waals surface area contributed by atoms with Gasteiger partial charge < -0.3 is 10.3 Å². The van der Waals surface area contributed by atoms with Crippen molar-refractivity contribution >= 4 is 60.1 Å². The van der Waals surface area contributed by atoms with Crippen molar-refractivity contribution in [1.29, 1.82) is 0 Å². The molecule has 0 saturated carbocycles. The van der Waals surface area contributed by atoms with E-state index >= 15 is 13.2 Å². The van der Waals surface area contributed by atoms with Crippen LogP contribution in [0.2, 0.25) is 5.02 Å². The second-order valence-corrected chi connectivity index (χ2v) is 9.79.